The summed E-state index contributed by atoms with van der Waals surface area (Å²) in [5.74, 6) is -0.215. The maximum absolute atomic E-state index is 13.2. The van der Waals surface area contributed by atoms with Gasteiger partial charge in [-0.3, -0.25) is 19.4 Å². The van der Waals surface area contributed by atoms with Crippen molar-refractivity contribution in [3.05, 3.63) is 66.4 Å². The number of amides is 1. The minimum Gasteiger partial charge on any atom is -0.479 e. The third-order valence-electron chi connectivity index (χ3n) is 6.30. The Morgan fingerprint density at radius 2 is 1.94 bits per heavy atom. The number of rotatable bonds is 10. The molecule has 1 aliphatic rings. The minimum atomic E-state index is -3.76. The first-order valence-corrected chi connectivity index (χ1v) is 13.2. The molecular formula is C25H31N5O5S. The standard InChI is InChI=1S/C25H31N5O5S/c1-26-25(32)24(20(17-7-4-3-5-8-17)16-30-14-12-18(31)15-30)35-22-11-10-21(29-36(33,34)27-2)23-19(22)9-6-13-28-23/h3-11,13,18,20,24,27,29,31H,12,14-16H2,1-2H3,(H,26,32)/t18-,20+,24?/m0/s1. The third kappa shape index (κ3) is 5.93. The lowest BCUT2D eigenvalue weighted by Crippen LogP contribution is -2.44. The van der Waals surface area contributed by atoms with Crippen molar-refractivity contribution >= 4 is 32.7 Å². The summed E-state index contributed by atoms with van der Waals surface area (Å²) in [6.07, 6.45) is 0.973. The Hall–Kier alpha value is -3.25. The third-order valence-corrected chi connectivity index (χ3v) is 7.32. The van der Waals surface area contributed by atoms with Crippen molar-refractivity contribution < 1.29 is 23.1 Å². The maximum atomic E-state index is 13.2. The molecule has 36 heavy (non-hydrogen) atoms. The first-order chi connectivity index (χ1) is 17.3. The molecule has 10 nitrogen and oxygen atoms in total. The maximum Gasteiger partial charge on any atom is 0.298 e. The van der Waals surface area contributed by atoms with Crippen LogP contribution in [0.3, 0.4) is 0 Å². The van der Waals surface area contributed by atoms with E-state index in [1.165, 1.54) is 7.05 Å². The van der Waals surface area contributed by atoms with Gasteiger partial charge in [0, 0.05) is 51.2 Å². The largest absolute Gasteiger partial charge is 0.479 e. The molecule has 2 heterocycles. The van der Waals surface area contributed by atoms with Crippen LogP contribution in [0.25, 0.3) is 10.9 Å². The van der Waals surface area contributed by atoms with E-state index in [4.69, 9.17) is 4.74 Å². The molecule has 2 aromatic carbocycles. The van der Waals surface area contributed by atoms with Crippen LogP contribution < -0.4 is 19.5 Å². The van der Waals surface area contributed by atoms with E-state index in [0.717, 1.165) is 12.1 Å². The molecule has 3 aromatic rings. The van der Waals surface area contributed by atoms with Crippen molar-refractivity contribution in [3.8, 4) is 5.75 Å². The lowest BCUT2D eigenvalue weighted by Gasteiger charge is -2.31. The predicted octanol–water partition coefficient (Wildman–Crippen LogP) is 1.45. The molecule has 4 rings (SSSR count). The molecule has 1 unspecified atom stereocenters. The van der Waals surface area contributed by atoms with Crippen molar-refractivity contribution in [2.75, 3.05) is 38.5 Å². The summed E-state index contributed by atoms with van der Waals surface area (Å²) in [5.41, 5.74) is 1.62. The van der Waals surface area contributed by atoms with Gasteiger partial charge in [0.1, 0.15) is 5.75 Å². The number of carbonyl (C=O) groups excluding carboxylic acids is 1. The number of likely N-dealkylation sites (tertiary alicyclic amines) is 1. The van der Waals surface area contributed by atoms with Crippen LogP contribution in [0.15, 0.2) is 60.8 Å². The van der Waals surface area contributed by atoms with Crippen LogP contribution in [-0.2, 0) is 15.0 Å². The molecule has 1 amide bonds. The van der Waals surface area contributed by atoms with Crippen LogP contribution in [0.1, 0.15) is 17.9 Å². The van der Waals surface area contributed by atoms with Gasteiger partial charge in [-0.25, -0.2) is 4.72 Å². The first kappa shape index (κ1) is 25.8. The van der Waals surface area contributed by atoms with Gasteiger partial charge in [-0.2, -0.15) is 8.42 Å². The van der Waals surface area contributed by atoms with E-state index in [9.17, 15) is 18.3 Å². The summed E-state index contributed by atoms with van der Waals surface area (Å²) in [5, 5.41) is 13.3. The first-order valence-electron chi connectivity index (χ1n) is 11.7. The van der Waals surface area contributed by atoms with Crippen molar-refractivity contribution in [2.45, 2.75) is 24.5 Å². The molecular weight excluding hydrogens is 482 g/mol. The number of nitrogens with zero attached hydrogens (tertiary/aromatic N) is 2. The number of pyridine rings is 1. The zero-order chi connectivity index (χ0) is 25.7. The van der Waals surface area contributed by atoms with Crippen molar-refractivity contribution in [2.24, 2.45) is 0 Å². The molecule has 0 radical (unpaired) electrons. The highest BCUT2D eigenvalue weighted by Gasteiger charge is 2.35. The second-order valence-corrected chi connectivity index (χ2v) is 10.3. The number of hydrogen-bond acceptors (Lipinski definition) is 7. The Morgan fingerprint density at radius 1 is 1.17 bits per heavy atom. The SMILES string of the molecule is CNC(=O)C(Oc1ccc(NS(=O)(=O)NC)c2ncccc12)[C@H](CN1CC[C@H](O)C1)c1ccccc1. The highest BCUT2D eigenvalue weighted by Crippen LogP contribution is 2.34. The number of hydrogen-bond donors (Lipinski definition) is 4. The Bertz CT molecular complexity index is 1300. The van der Waals surface area contributed by atoms with Gasteiger partial charge in [0.15, 0.2) is 6.10 Å². The number of nitrogens with one attached hydrogen (secondary N) is 3. The number of anilines is 1. The molecule has 0 spiro atoms. The number of ether oxygens (including phenoxy) is 1. The predicted molar refractivity (Wildman–Crippen MR) is 138 cm³/mol. The van der Waals surface area contributed by atoms with E-state index in [2.05, 4.69) is 24.6 Å². The molecule has 1 fully saturated rings. The summed E-state index contributed by atoms with van der Waals surface area (Å²) in [4.78, 5) is 19.7. The van der Waals surface area contributed by atoms with E-state index in [1.807, 2.05) is 30.3 Å². The van der Waals surface area contributed by atoms with Crippen LogP contribution in [-0.4, -0.2) is 75.3 Å². The van der Waals surface area contributed by atoms with Crippen LogP contribution in [0, 0.1) is 0 Å². The lowest BCUT2D eigenvalue weighted by molar-refractivity contribution is -0.128. The molecule has 192 valence electrons. The molecule has 0 bridgehead atoms. The Balaban J connectivity index is 1.73. The summed E-state index contributed by atoms with van der Waals surface area (Å²) in [6.45, 7) is 1.80. The summed E-state index contributed by atoms with van der Waals surface area (Å²) in [6, 6.07) is 16.4. The van der Waals surface area contributed by atoms with Crippen molar-refractivity contribution in [1.82, 2.24) is 19.9 Å². The fraction of sp³-hybridized carbons (Fsp3) is 0.360. The van der Waals surface area contributed by atoms with Crippen LogP contribution in [0.4, 0.5) is 5.69 Å². The molecule has 0 saturated carbocycles. The van der Waals surface area contributed by atoms with Crippen molar-refractivity contribution in [3.63, 3.8) is 0 Å². The second-order valence-electron chi connectivity index (χ2n) is 8.69. The van der Waals surface area contributed by atoms with E-state index in [0.29, 0.717) is 36.2 Å². The fourth-order valence-corrected chi connectivity index (χ4v) is 5.01. The highest BCUT2D eigenvalue weighted by atomic mass is 32.2. The molecule has 1 saturated heterocycles. The zero-order valence-corrected chi connectivity index (χ0v) is 21.0. The van der Waals surface area contributed by atoms with Gasteiger partial charge < -0.3 is 15.2 Å². The Kier molecular flexibility index (Phi) is 8.04. The van der Waals surface area contributed by atoms with E-state index in [-0.39, 0.29) is 23.6 Å². The van der Waals surface area contributed by atoms with Crippen molar-refractivity contribution in [1.29, 1.82) is 0 Å². The number of aromatic nitrogens is 1. The highest BCUT2D eigenvalue weighted by molar-refractivity contribution is 7.90. The molecule has 1 aliphatic heterocycles. The van der Waals surface area contributed by atoms with Crippen LogP contribution in [0.5, 0.6) is 5.75 Å². The molecule has 4 N–H and O–H groups in total. The number of fused-ring (bicyclic) bond motifs is 1. The fourth-order valence-electron chi connectivity index (χ4n) is 4.46. The van der Waals surface area contributed by atoms with Gasteiger partial charge in [-0.15, -0.1) is 0 Å². The summed E-state index contributed by atoms with van der Waals surface area (Å²) < 4.78 is 35.3. The molecule has 0 aliphatic carbocycles. The minimum absolute atomic E-state index is 0.287. The van der Waals surface area contributed by atoms with E-state index >= 15 is 0 Å². The van der Waals surface area contributed by atoms with E-state index in [1.54, 1.807) is 37.5 Å². The Morgan fingerprint density at radius 3 is 2.61 bits per heavy atom. The zero-order valence-electron chi connectivity index (χ0n) is 20.2. The number of aliphatic hydroxyl groups excluding tert-OH is 1. The quantitative estimate of drug-likeness (QED) is 0.323. The number of benzene rings is 2. The number of carbonyl (C=O) groups is 1. The summed E-state index contributed by atoms with van der Waals surface area (Å²) >= 11 is 0. The van der Waals surface area contributed by atoms with Gasteiger partial charge in [0.05, 0.1) is 17.3 Å². The van der Waals surface area contributed by atoms with Gasteiger partial charge in [0.25, 0.3) is 16.1 Å². The topological polar surface area (TPSA) is 133 Å². The average Bonchev–Trinajstić information content (AvgIpc) is 3.31. The smallest absolute Gasteiger partial charge is 0.298 e. The van der Waals surface area contributed by atoms with Gasteiger partial charge in [-0.05, 0) is 36.2 Å². The lowest BCUT2D eigenvalue weighted by atomic mass is 9.91. The number of aliphatic hydroxyl groups is 1. The van der Waals surface area contributed by atoms with Gasteiger partial charge in [-0.1, -0.05) is 30.3 Å². The van der Waals surface area contributed by atoms with Gasteiger partial charge in [0.2, 0.25) is 0 Å². The molecule has 3 atom stereocenters. The van der Waals surface area contributed by atoms with Crippen LogP contribution >= 0.6 is 0 Å². The normalized spacial score (nSPS) is 18.0. The summed E-state index contributed by atoms with van der Waals surface area (Å²) in [7, 11) is -0.878. The number of β-amino-alcohol motifs (C(OH)–C–C–N with tert-alkyl or cyclic N) is 1. The van der Waals surface area contributed by atoms with Gasteiger partial charge >= 0.3 is 0 Å². The van der Waals surface area contributed by atoms with Crippen LogP contribution in [0.2, 0.25) is 0 Å². The second kappa shape index (κ2) is 11.2. The molecule has 1 aromatic heterocycles. The molecule has 11 heteroatoms. The van der Waals surface area contributed by atoms with E-state index < -0.39 is 16.3 Å². The average molecular weight is 514 g/mol. The monoisotopic (exact) mass is 513 g/mol. The number of likely N-dealkylation sites (N-methyl/N-ethyl adjacent to an activating group) is 1. The Labute approximate surface area is 210 Å².